The minimum Gasteiger partial charge on any atom is -0.507 e. The van der Waals surface area contributed by atoms with Gasteiger partial charge in [0.25, 0.3) is 0 Å². The summed E-state index contributed by atoms with van der Waals surface area (Å²) in [5.41, 5.74) is 6.78. The minimum atomic E-state index is 0. The van der Waals surface area contributed by atoms with Crippen molar-refractivity contribution in [1.82, 2.24) is 4.98 Å². The molecule has 0 atom stereocenters. The normalized spacial score (nSPS) is 9.43. The van der Waals surface area contributed by atoms with Gasteiger partial charge in [-0.15, -0.1) is 23.7 Å². The van der Waals surface area contributed by atoms with E-state index in [1.54, 1.807) is 18.3 Å². The Bertz CT molecular complexity index is 417. The number of benzene rings is 1. The van der Waals surface area contributed by atoms with Gasteiger partial charge in [-0.05, 0) is 12.1 Å². The Morgan fingerprint density at radius 1 is 1.36 bits per heavy atom. The number of phenols is 1. The third kappa shape index (κ3) is 1.97. The number of thiazole rings is 1. The zero-order chi connectivity index (χ0) is 9.26. The number of aromatic hydroxyl groups is 1. The van der Waals surface area contributed by atoms with Gasteiger partial charge in [0.05, 0.1) is 5.56 Å². The van der Waals surface area contributed by atoms with Crippen LogP contribution in [0.1, 0.15) is 0 Å². The van der Waals surface area contributed by atoms with Crippen LogP contribution in [0.25, 0.3) is 10.6 Å². The van der Waals surface area contributed by atoms with Gasteiger partial charge in [-0.25, -0.2) is 4.98 Å². The number of anilines is 1. The molecule has 0 aliphatic carbocycles. The maximum absolute atomic E-state index is 9.55. The second-order valence-electron chi connectivity index (χ2n) is 2.61. The summed E-state index contributed by atoms with van der Waals surface area (Å²) in [4.78, 5) is 4.09. The van der Waals surface area contributed by atoms with Crippen molar-refractivity contribution in [2.24, 2.45) is 0 Å². The summed E-state index contributed by atoms with van der Waals surface area (Å²) < 4.78 is 0. The topological polar surface area (TPSA) is 59.1 Å². The standard InChI is InChI=1S/C9H8N2OS.ClH/c10-6-1-2-7(8(12)5-6)9-11-3-4-13-9;/h1-5,12H,10H2;1H. The molecule has 14 heavy (non-hydrogen) atoms. The lowest BCUT2D eigenvalue weighted by molar-refractivity contribution is 0.477. The Morgan fingerprint density at radius 3 is 2.71 bits per heavy atom. The molecule has 0 aliphatic heterocycles. The van der Waals surface area contributed by atoms with Crippen LogP contribution < -0.4 is 5.73 Å². The smallest absolute Gasteiger partial charge is 0.127 e. The van der Waals surface area contributed by atoms with Gasteiger partial charge in [0.2, 0.25) is 0 Å². The number of nitrogens with two attached hydrogens (primary N) is 1. The number of phenolic OH excluding ortho intramolecular Hbond substituents is 1. The van der Waals surface area contributed by atoms with E-state index in [0.29, 0.717) is 5.69 Å². The fraction of sp³-hybridized carbons (Fsp3) is 0. The summed E-state index contributed by atoms with van der Waals surface area (Å²) in [6.07, 6.45) is 1.70. The molecule has 3 N–H and O–H groups in total. The van der Waals surface area contributed by atoms with Crippen LogP contribution in [0.15, 0.2) is 29.8 Å². The molecule has 0 amide bonds. The highest BCUT2D eigenvalue weighted by Gasteiger charge is 2.05. The summed E-state index contributed by atoms with van der Waals surface area (Å²) in [5.74, 6) is 0.176. The van der Waals surface area contributed by atoms with Gasteiger partial charge in [0, 0.05) is 23.3 Å². The number of nitrogen functional groups attached to an aromatic ring is 1. The van der Waals surface area contributed by atoms with E-state index in [9.17, 15) is 5.11 Å². The first-order valence-corrected chi connectivity index (χ1v) is 4.63. The first-order chi connectivity index (χ1) is 6.27. The molecule has 0 saturated heterocycles. The number of hydrogen-bond acceptors (Lipinski definition) is 4. The summed E-state index contributed by atoms with van der Waals surface area (Å²) >= 11 is 1.48. The van der Waals surface area contributed by atoms with Crippen LogP contribution in [0.4, 0.5) is 5.69 Å². The molecule has 0 bridgehead atoms. The quantitative estimate of drug-likeness (QED) is 0.738. The van der Waals surface area contributed by atoms with E-state index in [1.165, 1.54) is 17.4 Å². The van der Waals surface area contributed by atoms with E-state index in [-0.39, 0.29) is 18.2 Å². The van der Waals surface area contributed by atoms with Crippen LogP contribution in [0.5, 0.6) is 5.75 Å². The van der Waals surface area contributed by atoms with Gasteiger partial charge < -0.3 is 10.8 Å². The van der Waals surface area contributed by atoms with Crippen molar-refractivity contribution in [3.8, 4) is 16.3 Å². The molecule has 3 nitrogen and oxygen atoms in total. The van der Waals surface area contributed by atoms with Gasteiger partial charge >= 0.3 is 0 Å². The highest BCUT2D eigenvalue weighted by molar-refractivity contribution is 7.13. The minimum absolute atomic E-state index is 0. The molecule has 0 unspecified atom stereocenters. The highest BCUT2D eigenvalue weighted by Crippen LogP contribution is 2.31. The average Bonchev–Trinajstić information content (AvgIpc) is 2.56. The van der Waals surface area contributed by atoms with Crippen LogP contribution >= 0.6 is 23.7 Å². The zero-order valence-corrected chi connectivity index (χ0v) is 8.81. The number of nitrogens with zero attached hydrogens (tertiary/aromatic N) is 1. The molecular formula is C9H9ClN2OS. The predicted molar refractivity (Wildman–Crippen MR) is 60.9 cm³/mol. The Kier molecular flexibility index (Phi) is 3.33. The number of aromatic nitrogens is 1. The van der Waals surface area contributed by atoms with E-state index in [0.717, 1.165) is 10.6 Å². The molecule has 1 aromatic heterocycles. The molecule has 2 aromatic rings. The van der Waals surface area contributed by atoms with E-state index >= 15 is 0 Å². The van der Waals surface area contributed by atoms with Gasteiger partial charge in [-0.1, -0.05) is 0 Å². The Labute approximate surface area is 91.6 Å². The second kappa shape index (κ2) is 4.30. The van der Waals surface area contributed by atoms with Crippen LogP contribution in [-0.4, -0.2) is 10.1 Å². The molecule has 0 aliphatic rings. The van der Waals surface area contributed by atoms with Crippen LogP contribution in [0.3, 0.4) is 0 Å². The maximum Gasteiger partial charge on any atom is 0.127 e. The molecule has 1 aromatic carbocycles. The molecule has 0 saturated carbocycles. The molecule has 0 spiro atoms. The van der Waals surface area contributed by atoms with Crippen molar-refractivity contribution in [2.45, 2.75) is 0 Å². The molecule has 1 heterocycles. The van der Waals surface area contributed by atoms with Gasteiger partial charge in [-0.3, -0.25) is 0 Å². The van der Waals surface area contributed by atoms with Crippen molar-refractivity contribution in [3.05, 3.63) is 29.8 Å². The Balaban J connectivity index is 0.000000980. The SMILES string of the molecule is Cl.Nc1ccc(-c2nccs2)c(O)c1. The largest absolute Gasteiger partial charge is 0.507 e. The average molecular weight is 229 g/mol. The van der Waals surface area contributed by atoms with E-state index in [1.807, 2.05) is 5.38 Å². The first-order valence-electron chi connectivity index (χ1n) is 3.76. The predicted octanol–water partition coefficient (Wildman–Crippen LogP) is 2.52. The second-order valence-corrected chi connectivity index (χ2v) is 3.51. The van der Waals surface area contributed by atoms with E-state index in [2.05, 4.69) is 4.98 Å². The number of rotatable bonds is 1. The van der Waals surface area contributed by atoms with Crippen molar-refractivity contribution in [2.75, 3.05) is 5.73 Å². The van der Waals surface area contributed by atoms with Gasteiger partial charge in [0.1, 0.15) is 10.8 Å². The Hall–Kier alpha value is -1.26. The van der Waals surface area contributed by atoms with Gasteiger partial charge in [0.15, 0.2) is 0 Å². The summed E-state index contributed by atoms with van der Waals surface area (Å²) in [5, 5.41) is 12.2. The summed E-state index contributed by atoms with van der Waals surface area (Å²) in [6.45, 7) is 0. The molecule has 2 rings (SSSR count). The first kappa shape index (κ1) is 10.8. The lowest BCUT2D eigenvalue weighted by Gasteiger charge is -2.01. The van der Waals surface area contributed by atoms with Crippen molar-refractivity contribution in [1.29, 1.82) is 0 Å². The molecule has 5 heteroatoms. The third-order valence-corrected chi connectivity index (χ3v) is 2.49. The van der Waals surface area contributed by atoms with Gasteiger partial charge in [-0.2, -0.15) is 0 Å². The third-order valence-electron chi connectivity index (χ3n) is 1.68. The Morgan fingerprint density at radius 2 is 2.14 bits per heavy atom. The monoisotopic (exact) mass is 228 g/mol. The molecular weight excluding hydrogens is 220 g/mol. The van der Waals surface area contributed by atoms with Crippen LogP contribution in [-0.2, 0) is 0 Å². The van der Waals surface area contributed by atoms with E-state index in [4.69, 9.17) is 5.73 Å². The van der Waals surface area contributed by atoms with Crippen molar-refractivity contribution < 1.29 is 5.11 Å². The molecule has 74 valence electrons. The maximum atomic E-state index is 9.55. The van der Waals surface area contributed by atoms with E-state index < -0.39 is 0 Å². The highest BCUT2D eigenvalue weighted by atomic mass is 35.5. The fourth-order valence-electron chi connectivity index (χ4n) is 1.09. The number of hydrogen-bond donors (Lipinski definition) is 2. The van der Waals surface area contributed by atoms with Crippen LogP contribution in [0, 0.1) is 0 Å². The zero-order valence-electron chi connectivity index (χ0n) is 7.18. The van der Waals surface area contributed by atoms with Crippen molar-refractivity contribution >= 4 is 29.4 Å². The van der Waals surface area contributed by atoms with Crippen LogP contribution in [0.2, 0.25) is 0 Å². The lowest BCUT2D eigenvalue weighted by Crippen LogP contribution is -1.84. The van der Waals surface area contributed by atoms with Crippen molar-refractivity contribution in [3.63, 3.8) is 0 Å². The fourth-order valence-corrected chi connectivity index (χ4v) is 1.76. The summed E-state index contributed by atoms with van der Waals surface area (Å²) in [6, 6.07) is 5.04. The lowest BCUT2D eigenvalue weighted by atomic mass is 10.2. The number of halogens is 1. The summed E-state index contributed by atoms with van der Waals surface area (Å²) in [7, 11) is 0. The molecule has 0 radical (unpaired) electrons. The molecule has 0 fully saturated rings.